The number of hydrogen-bond acceptors (Lipinski definition) is 4. The maximum absolute atomic E-state index is 13.2. The molecule has 29 heavy (non-hydrogen) atoms. The van der Waals surface area contributed by atoms with Gasteiger partial charge in [-0.2, -0.15) is 5.26 Å². The summed E-state index contributed by atoms with van der Waals surface area (Å²) in [5.74, 6) is -0.215. The summed E-state index contributed by atoms with van der Waals surface area (Å²) >= 11 is 5.46. The molecule has 1 atom stereocenters. The van der Waals surface area contributed by atoms with Crippen molar-refractivity contribution in [3.8, 4) is 11.8 Å². The molecule has 1 amide bonds. The Morgan fingerprint density at radius 3 is 2.72 bits per heavy atom. The van der Waals surface area contributed by atoms with E-state index in [1.54, 1.807) is 25.2 Å². The first kappa shape index (κ1) is 20.5. The highest BCUT2D eigenvalue weighted by Gasteiger charge is 2.19. The lowest BCUT2D eigenvalue weighted by molar-refractivity contribution is 0.0746. The van der Waals surface area contributed by atoms with Crippen LogP contribution in [0.2, 0.25) is 0 Å². The van der Waals surface area contributed by atoms with Crippen molar-refractivity contribution in [1.29, 1.82) is 5.26 Å². The first-order valence-electron chi connectivity index (χ1n) is 9.26. The van der Waals surface area contributed by atoms with Gasteiger partial charge in [0.15, 0.2) is 4.77 Å². The molecule has 0 aliphatic carbocycles. The number of aryl methyl sites for hydroxylation is 1. The van der Waals surface area contributed by atoms with E-state index < -0.39 is 0 Å². The van der Waals surface area contributed by atoms with Crippen LogP contribution in [0, 0.1) is 29.9 Å². The SMILES string of the molecule is Cc1cccc(-n2c(=S)[nH]c3cc(C(=O)N(C)C(C)CC#N)ccc3c2=O)c1C. The molecule has 3 aromatic rings. The smallest absolute Gasteiger partial charge is 0.266 e. The zero-order valence-corrected chi connectivity index (χ0v) is 17.6. The molecule has 2 aromatic carbocycles. The number of nitrogens with zero attached hydrogens (tertiary/aromatic N) is 3. The average molecular weight is 407 g/mol. The fourth-order valence-electron chi connectivity index (χ4n) is 3.22. The molecule has 7 heteroatoms. The summed E-state index contributed by atoms with van der Waals surface area (Å²) in [6, 6.07) is 12.5. The van der Waals surface area contributed by atoms with E-state index >= 15 is 0 Å². The van der Waals surface area contributed by atoms with Gasteiger partial charge in [-0.15, -0.1) is 0 Å². The Morgan fingerprint density at radius 2 is 2.03 bits per heavy atom. The first-order chi connectivity index (χ1) is 13.8. The first-order valence-corrected chi connectivity index (χ1v) is 9.67. The number of fused-ring (bicyclic) bond motifs is 1. The van der Waals surface area contributed by atoms with Gasteiger partial charge in [-0.3, -0.25) is 14.2 Å². The van der Waals surface area contributed by atoms with Crippen molar-refractivity contribution in [2.24, 2.45) is 0 Å². The lowest BCUT2D eigenvalue weighted by Gasteiger charge is -2.23. The van der Waals surface area contributed by atoms with Crippen LogP contribution in [0.1, 0.15) is 34.8 Å². The van der Waals surface area contributed by atoms with Crippen LogP contribution in [-0.2, 0) is 0 Å². The van der Waals surface area contributed by atoms with E-state index in [4.69, 9.17) is 17.5 Å². The minimum atomic E-state index is -0.234. The minimum absolute atomic E-state index is 0.209. The number of benzene rings is 2. The van der Waals surface area contributed by atoms with Gasteiger partial charge in [-0.25, -0.2) is 0 Å². The summed E-state index contributed by atoms with van der Waals surface area (Å²) in [7, 11) is 1.66. The van der Waals surface area contributed by atoms with Gasteiger partial charge in [-0.1, -0.05) is 12.1 Å². The fourth-order valence-corrected chi connectivity index (χ4v) is 3.51. The summed E-state index contributed by atoms with van der Waals surface area (Å²) in [5, 5.41) is 9.30. The van der Waals surface area contributed by atoms with Crippen LogP contribution in [0.5, 0.6) is 0 Å². The highest BCUT2D eigenvalue weighted by molar-refractivity contribution is 7.71. The summed E-state index contributed by atoms with van der Waals surface area (Å²) in [6.45, 7) is 5.76. The van der Waals surface area contributed by atoms with Gasteiger partial charge in [0, 0.05) is 18.7 Å². The van der Waals surface area contributed by atoms with E-state index in [0.717, 1.165) is 16.8 Å². The lowest BCUT2D eigenvalue weighted by atomic mass is 10.1. The predicted molar refractivity (Wildman–Crippen MR) is 116 cm³/mol. The summed E-state index contributed by atoms with van der Waals surface area (Å²) in [5.41, 5.74) is 3.49. The normalized spacial score (nSPS) is 11.8. The fraction of sp³-hybridized carbons (Fsp3) is 0.273. The third-order valence-corrected chi connectivity index (χ3v) is 5.61. The predicted octanol–water partition coefficient (Wildman–Crippen LogP) is 4.04. The van der Waals surface area contributed by atoms with E-state index in [1.165, 1.54) is 9.47 Å². The Balaban J connectivity index is 2.13. The molecule has 0 aliphatic rings. The zero-order valence-electron chi connectivity index (χ0n) is 16.8. The number of hydrogen-bond donors (Lipinski definition) is 1. The second kappa shape index (κ2) is 8.02. The van der Waals surface area contributed by atoms with Crippen molar-refractivity contribution in [2.75, 3.05) is 7.05 Å². The third-order valence-electron chi connectivity index (χ3n) is 5.33. The summed E-state index contributed by atoms with van der Waals surface area (Å²) in [6.07, 6.45) is 0.249. The number of nitrogens with one attached hydrogen (secondary N) is 1. The zero-order chi connectivity index (χ0) is 21.3. The van der Waals surface area contributed by atoms with Crippen LogP contribution in [0.15, 0.2) is 41.2 Å². The average Bonchev–Trinajstić information content (AvgIpc) is 2.69. The van der Waals surface area contributed by atoms with Gasteiger partial charge in [0.2, 0.25) is 0 Å². The van der Waals surface area contributed by atoms with E-state index in [0.29, 0.717) is 16.5 Å². The molecule has 0 fully saturated rings. The molecule has 3 rings (SSSR count). The standard InChI is InChI=1S/C22H22N4O2S/c1-13-6-5-7-19(15(13)3)26-21(28)17-9-8-16(12-18(17)24-22(26)29)20(27)25(4)14(2)10-11-23/h5-9,12,14H,10H2,1-4H3,(H,24,29). The Labute approximate surface area is 174 Å². The van der Waals surface area contributed by atoms with Gasteiger partial charge >= 0.3 is 0 Å². The molecule has 1 N–H and O–H groups in total. The van der Waals surface area contributed by atoms with Gasteiger partial charge in [0.25, 0.3) is 11.5 Å². The molecule has 0 saturated carbocycles. The molecule has 1 heterocycles. The Bertz CT molecular complexity index is 1270. The van der Waals surface area contributed by atoms with Gasteiger partial charge in [0.1, 0.15) is 0 Å². The van der Waals surface area contributed by atoms with Crippen LogP contribution in [0.3, 0.4) is 0 Å². The number of carbonyl (C=O) groups excluding carboxylic acids is 1. The Morgan fingerprint density at radius 1 is 1.31 bits per heavy atom. The number of H-pyrrole nitrogens is 1. The summed E-state index contributed by atoms with van der Waals surface area (Å²) in [4.78, 5) is 30.5. The topological polar surface area (TPSA) is 81.9 Å². The highest BCUT2D eigenvalue weighted by Crippen LogP contribution is 2.19. The van der Waals surface area contributed by atoms with Crippen LogP contribution in [0.4, 0.5) is 0 Å². The monoisotopic (exact) mass is 406 g/mol. The molecule has 0 bridgehead atoms. The van der Waals surface area contributed by atoms with Crippen LogP contribution < -0.4 is 5.56 Å². The van der Waals surface area contributed by atoms with Crippen molar-refractivity contribution in [3.05, 3.63) is 68.2 Å². The van der Waals surface area contributed by atoms with Gasteiger partial charge in [0.05, 0.1) is 29.1 Å². The molecule has 0 spiro atoms. The van der Waals surface area contributed by atoms with E-state index in [1.807, 2.05) is 39.0 Å². The van der Waals surface area contributed by atoms with Crippen LogP contribution in [-0.4, -0.2) is 33.4 Å². The molecular weight excluding hydrogens is 384 g/mol. The molecule has 0 saturated heterocycles. The maximum atomic E-state index is 13.2. The Hall–Kier alpha value is -3.24. The van der Waals surface area contributed by atoms with E-state index in [2.05, 4.69) is 11.1 Å². The molecule has 148 valence electrons. The molecular formula is C22H22N4O2S. The largest absolute Gasteiger partial charge is 0.338 e. The second-order valence-electron chi connectivity index (χ2n) is 7.18. The van der Waals surface area contributed by atoms with E-state index in [9.17, 15) is 9.59 Å². The van der Waals surface area contributed by atoms with Gasteiger partial charge < -0.3 is 9.88 Å². The molecule has 1 unspecified atom stereocenters. The molecule has 1 aromatic heterocycles. The minimum Gasteiger partial charge on any atom is -0.338 e. The molecule has 0 aliphatic heterocycles. The lowest BCUT2D eigenvalue weighted by Crippen LogP contribution is -2.34. The van der Waals surface area contributed by atoms with E-state index in [-0.39, 0.29) is 28.7 Å². The number of amides is 1. The molecule has 6 nitrogen and oxygen atoms in total. The van der Waals surface area contributed by atoms with Crippen molar-refractivity contribution in [2.45, 2.75) is 33.2 Å². The van der Waals surface area contributed by atoms with Crippen molar-refractivity contribution in [3.63, 3.8) is 0 Å². The number of aromatic nitrogens is 2. The quantitative estimate of drug-likeness (QED) is 0.663. The van der Waals surface area contributed by atoms with Crippen LogP contribution >= 0.6 is 12.2 Å². The maximum Gasteiger partial charge on any atom is 0.266 e. The number of rotatable bonds is 4. The molecule has 0 radical (unpaired) electrons. The van der Waals surface area contributed by atoms with Crippen LogP contribution in [0.25, 0.3) is 16.6 Å². The van der Waals surface area contributed by atoms with Crippen molar-refractivity contribution in [1.82, 2.24) is 14.5 Å². The highest BCUT2D eigenvalue weighted by atomic mass is 32.1. The van der Waals surface area contributed by atoms with Crippen molar-refractivity contribution < 1.29 is 4.79 Å². The third kappa shape index (κ3) is 3.71. The van der Waals surface area contributed by atoms with Crippen molar-refractivity contribution >= 4 is 29.0 Å². The number of aromatic amines is 1. The number of carbonyl (C=O) groups is 1. The number of nitriles is 1. The summed E-state index contributed by atoms with van der Waals surface area (Å²) < 4.78 is 1.76. The second-order valence-corrected chi connectivity index (χ2v) is 7.56. The Kier molecular flexibility index (Phi) is 5.66. The van der Waals surface area contributed by atoms with Gasteiger partial charge in [-0.05, 0) is 68.4 Å².